The third kappa shape index (κ3) is 4.91. The smallest absolute Gasteiger partial charge is 0.258 e. The zero-order valence-electron chi connectivity index (χ0n) is 16.5. The number of benzene rings is 1. The first kappa shape index (κ1) is 23.7. The molecule has 0 atom stereocenters. The van der Waals surface area contributed by atoms with Crippen molar-refractivity contribution >= 4 is 54.7 Å². The molecule has 0 aliphatic heterocycles. The number of carbonyl (C=O) groups is 1. The zero-order valence-corrected chi connectivity index (χ0v) is 18.1. The highest BCUT2D eigenvalue weighted by Crippen LogP contribution is 2.32. The Morgan fingerprint density at radius 1 is 1.19 bits per heavy atom. The Morgan fingerprint density at radius 2 is 1.94 bits per heavy atom. The number of alkyl halides is 1. The molecule has 0 saturated carbocycles. The van der Waals surface area contributed by atoms with Crippen molar-refractivity contribution < 1.29 is 30.8 Å². The van der Waals surface area contributed by atoms with Crippen LogP contribution in [0.2, 0.25) is 0 Å². The minimum absolute atomic E-state index is 0.0258. The van der Waals surface area contributed by atoms with Gasteiger partial charge >= 0.3 is 0 Å². The van der Waals surface area contributed by atoms with Gasteiger partial charge < -0.3 is 10.6 Å². The molecule has 32 heavy (non-hydrogen) atoms. The van der Waals surface area contributed by atoms with Crippen molar-refractivity contribution in [2.45, 2.75) is 13.3 Å². The highest BCUT2D eigenvalue weighted by Gasteiger charge is 2.25. The molecule has 3 rings (SSSR count). The Balaban J connectivity index is 1.96. The van der Waals surface area contributed by atoms with Crippen LogP contribution >= 0.6 is 11.3 Å². The number of aromatic nitrogens is 2. The van der Waals surface area contributed by atoms with Gasteiger partial charge in [0.25, 0.3) is 5.91 Å². The van der Waals surface area contributed by atoms with Crippen LogP contribution in [0.3, 0.4) is 0 Å². The number of nitrogens with one attached hydrogen (secondary N) is 3. The van der Waals surface area contributed by atoms with E-state index in [1.807, 2.05) is 10.0 Å². The van der Waals surface area contributed by atoms with Crippen molar-refractivity contribution in [3.8, 4) is 0 Å². The Kier molecular flexibility index (Phi) is 7.13. The summed E-state index contributed by atoms with van der Waals surface area (Å²) < 4.78 is 81.5. The largest absolute Gasteiger partial charge is 0.366 e. The maximum Gasteiger partial charge on any atom is 0.258 e. The van der Waals surface area contributed by atoms with Gasteiger partial charge in [0.15, 0.2) is 17.5 Å². The number of fused-ring (bicyclic) bond motifs is 1. The second kappa shape index (κ2) is 9.65. The molecule has 1 aromatic carbocycles. The first-order valence-corrected chi connectivity index (χ1v) is 11.7. The molecule has 0 radical (unpaired) electrons. The van der Waals surface area contributed by atoms with Crippen molar-refractivity contribution in [2.24, 2.45) is 0 Å². The van der Waals surface area contributed by atoms with Crippen molar-refractivity contribution in [3.05, 3.63) is 40.8 Å². The topological polar surface area (TPSA) is 113 Å². The highest BCUT2D eigenvalue weighted by molar-refractivity contribution is 7.92. The number of thiophene rings is 1. The lowest BCUT2D eigenvalue weighted by Crippen LogP contribution is -2.20. The number of anilines is 3. The summed E-state index contributed by atoms with van der Waals surface area (Å²) in [6, 6.07) is 0.351. The van der Waals surface area contributed by atoms with Crippen molar-refractivity contribution in [2.75, 3.05) is 34.3 Å². The monoisotopic (exact) mass is 491 g/mol. The first-order chi connectivity index (χ1) is 15.2. The van der Waals surface area contributed by atoms with Crippen molar-refractivity contribution in [1.82, 2.24) is 9.97 Å². The molecule has 2 heterocycles. The summed E-state index contributed by atoms with van der Waals surface area (Å²) in [6.07, 6.45) is 1.33. The molecule has 0 aliphatic carbocycles. The maximum absolute atomic E-state index is 14.8. The molecule has 0 saturated heterocycles. The SMILES string of the molecule is CCCS(=O)(=O)Nc1cc(F)c(F)c(NC(=O)c2csc3c(NCCF)ncnc23)c1F. The Hall–Kier alpha value is -3.00. The molecule has 2 aromatic heterocycles. The first-order valence-electron chi connectivity index (χ1n) is 9.19. The average molecular weight is 491 g/mol. The van der Waals surface area contributed by atoms with Crippen LogP contribution in [0.5, 0.6) is 0 Å². The van der Waals surface area contributed by atoms with Gasteiger partial charge in [-0.1, -0.05) is 6.92 Å². The van der Waals surface area contributed by atoms with E-state index in [0.29, 0.717) is 10.8 Å². The average Bonchev–Trinajstić information content (AvgIpc) is 3.18. The van der Waals surface area contributed by atoms with E-state index in [1.54, 1.807) is 6.92 Å². The van der Waals surface area contributed by atoms with E-state index in [0.717, 1.165) is 17.7 Å². The van der Waals surface area contributed by atoms with Crippen LogP contribution in [0, 0.1) is 17.5 Å². The van der Waals surface area contributed by atoms with Crippen LogP contribution in [0.4, 0.5) is 34.8 Å². The van der Waals surface area contributed by atoms with E-state index in [1.165, 1.54) is 5.38 Å². The predicted octanol–water partition coefficient (Wildman–Crippen LogP) is 3.89. The fourth-order valence-corrected chi connectivity index (χ4v) is 4.85. The molecule has 0 bridgehead atoms. The lowest BCUT2D eigenvalue weighted by molar-refractivity contribution is 0.102. The molecule has 3 aromatic rings. The molecular weight excluding hydrogens is 474 g/mol. The molecular formula is C18H17F4N5O3S2. The van der Waals surface area contributed by atoms with Gasteiger partial charge in [-0.25, -0.2) is 35.9 Å². The van der Waals surface area contributed by atoms with Crippen LogP contribution in [0.1, 0.15) is 23.7 Å². The van der Waals surface area contributed by atoms with Gasteiger partial charge in [-0.2, -0.15) is 0 Å². The summed E-state index contributed by atoms with van der Waals surface area (Å²) in [5, 5.41) is 6.00. The van der Waals surface area contributed by atoms with E-state index in [4.69, 9.17) is 0 Å². The fourth-order valence-electron chi connectivity index (χ4n) is 2.76. The number of hydrogen-bond acceptors (Lipinski definition) is 7. The van der Waals surface area contributed by atoms with E-state index in [9.17, 15) is 30.8 Å². The Labute approximate surface area is 184 Å². The summed E-state index contributed by atoms with van der Waals surface area (Å²) in [7, 11) is -4.01. The highest BCUT2D eigenvalue weighted by atomic mass is 32.2. The number of halogens is 4. The number of hydrogen-bond donors (Lipinski definition) is 3. The molecule has 0 spiro atoms. The normalized spacial score (nSPS) is 11.5. The van der Waals surface area contributed by atoms with Gasteiger partial charge in [-0.3, -0.25) is 9.52 Å². The third-order valence-electron chi connectivity index (χ3n) is 4.12. The van der Waals surface area contributed by atoms with E-state index >= 15 is 0 Å². The number of nitrogens with zero attached hydrogens (tertiary/aromatic N) is 2. The van der Waals surface area contributed by atoms with Crippen LogP contribution < -0.4 is 15.4 Å². The summed E-state index contributed by atoms with van der Waals surface area (Å²) in [4.78, 5) is 20.6. The lowest BCUT2D eigenvalue weighted by atomic mass is 10.2. The molecule has 0 unspecified atom stereocenters. The molecule has 8 nitrogen and oxygen atoms in total. The standard InChI is InChI=1S/C18H17F4N5O3S2/c1-2-5-32(29,30)27-11-6-10(20)12(21)15(13(11)22)26-18(28)9-7-31-16-14(9)24-8-25-17(16)23-4-3-19/h6-8,27H,2-5H2,1H3,(H,26,28)(H,23,24,25). The maximum atomic E-state index is 14.8. The molecule has 0 aliphatic rings. The number of carbonyl (C=O) groups excluding carboxylic acids is 1. The predicted molar refractivity (Wildman–Crippen MR) is 114 cm³/mol. The van der Waals surface area contributed by atoms with Crippen LogP contribution in [0.25, 0.3) is 10.2 Å². The van der Waals surface area contributed by atoms with Gasteiger partial charge in [-0.05, 0) is 6.42 Å². The number of amides is 1. The van der Waals surface area contributed by atoms with E-state index in [2.05, 4.69) is 15.3 Å². The molecule has 14 heteroatoms. The lowest BCUT2D eigenvalue weighted by Gasteiger charge is -2.13. The molecule has 0 fully saturated rings. The van der Waals surface area contributed by atoms with Gasteiger partial charge in [0.2, 0.25) is 10.0 Å². The molecule has 1 amide bonds. The van der Waals surface area contributed by atoms with Gasteiger partial charge in [-0.15, -0.1) is 11.3 Å². The van der Waals surface area contributed by atoms with Crippen molar-refractivity contribution in [1.29, 1.82) is 0 Å². The second-order valence-corrected chi connectivity index (χ2v) is 9.17. The van der Waals surface area contributed by atoms with E-state index < -0.39 is 51.4 Å². The van der Waals surface area contributed by atoms with Crippen molar-refractivity contribution in [3.63, 3.8) is 0 Å². The van der Waals surface area contributed by atoms with Gasteiger partial charge in [0.05, 0.1) is 27.2 Å². The van der Waals surface area contributed by atoms with Crippen LogP contribution in [0.15, 0.2) is 17.8 Å². The minimum Gasteiger partial charge on any atom is -0.366 e. The van der Waals surface area contributed by atoms with Crippen LogP contribution in [-0.4, -0.2) is 43.3 Å². The zero-order chi connectivity index (χ0) is 23.5. The molecule has 3 N–H and O–H groups in total. The Morgan fingerprint density at radius 3 is 2.62 bits per heavy atom. The Bertz CT molecular complexity index is 1270. The minimum atomic E-state index is -4.01. The quantitative estimate of drug-likeness (QED) is 0.309. The van der Waals surface area contributed by atoms with Gasteiger partial charge in [0, 0.05) is 18.0 Å². The summed E-state index contributed by atoms with van der Waals surface area (Å²) in [6.45, 7) is 0.883. The van der Waals surface area contributed by atoms with Gasteiger partial charge in [0.1, 0.15) is 24.5 Å². The second-order valence-electron chi connectivity index (χ2n) is 6.45. The fraction of sp³-hybridized carbons (Fsp3) is 0.278. The third-order valence-corrected chi connectivity index (χ3v) is 6.57. The number of rotatable bonds is 9. The summed E-state index contributed by atoms with van der Waals surface area (Å²) in [5.41, 5.74) is -1.96. The number of sulfonamides is 1. The summed E-state index contributed by atoms with van der Waals surface area (Å²) >= 11 is 1.03. The summed E-state index contributed by atoms with van der Waals surface area (Å²) in [5.74, 6) is -5.87. The molecule has 172 valence electrons. The van der Waals surface area contributed by atoms with E-state index in [-0.39, 0.29) is 35.6 Å². The van der Waals surface area contributed by atoms with Crippen LogP contribution in [-0.2, 0) is 10.0 Å².